The Bertz CT molecular complexity index is 650. The highest BCUT2D eigenvalue weighted by Gasteiger charge is 2.02. The molecule has 0 aliphatic heterocycles. The van der Waals surface area contributed by atoms with Crippen molar-refractivity contribution in [1.82, 2.24) is 15.6 Å². The van der Waals surface area contributed by atoms with Gasteiger partial charge in [0.1, 0.15) is 0 Å². The van der Waals surface area contributed by atoms with Crippen LogP contribution in [0.2, 0.25) is 10.0 Å². The minimum Gasteiger partial charge on any atom is -0.356 e. The summed E-state index contributed by atoms with van der Waals surface area (Å²) in [5, 5.41) is 9.03. The van der Waals surface area contributed by atoms with Crippen molar-refractivity contribution in [3.05, 3.63) is 49.9 Å². The molecule has 4 nitrogen and oxygen atoms in total. The van der Waals surface area contributed by atoms with Gasteiger partial charge in [-0.15, -0.1) is 11.3 Å². The summed E-state index contributed by atoms with van der Waals surface area (Å²) in [6.07, 6.45) is 3.62. The number of hydrogen-bond donors (Lipinski definition) is 2. The molecular weight excluding hydrogens is 351 g/mol. The number of aliphatic imine (C=N–C) groups is 1. The minimum absolute atomic E-state index is 0.661. The van der Waals surface area contributed by atoms with Crippen LogP contribution in [0.25, 0.3) is 0 Å². The molecule has 0 atom stereocenters. The average molecular weight is 371 g/mol. The summed E-state index contributed by atoms with van der Waals surface area (Å²) in [6, 6.07) is 5.59. The second-order valence-corrected chi connectivity index (χ2v) is 7.26. The maximum Gasteiger partial charge on any atom is 0.191 e. The van der Waals surface area contributed by atoms with E-state index in [1.165, 1.54) is 4.88 Å². The van der Waals surface area contributed by atoms with Crippen molar-refractivity contribution in [2.24, 2.45) is 4.99 Å². The third kappa shape index (κ3) is 6.37. The molecule has 0 amide bonds. The highest BCUT2D eigenvalue weighted by atomic mass is 35.5. The van der Waals surface area contributed by atoms with Gasteiger partial charge in [-0.25, -0.2) is 4.98 Å². The molecule has 0 unspecified atom stereocenters. The van der Waals surface area contributed by atoms with Gasteiger partial charge in [0.15, 0.2) is 5.96 Å². The van der Waals surface area contributed by atoms with E-state index in [9.17, 15) is 0 Å². The van der Waals surface area contributed by atoms with Crippen molar-refractivity contribution in [2.45, 2.75) is 19.8 Å². The van der Waals surface area contributed by atoms with Crippen LogP contribution >= 0.6 is 34.5 Å². The highest BCUT2D eigenvalue weighted by molar-refractivity contribution is 7.11. The van der Waals surface area contributed by atoms with Crippen molar-refractivity contribution in [2.75, 3.05) is 20.1 Å². The highest BCUT2D eigenvalue weighted by Crippen LogP contribution is 2.19. The van der Waals surface area contributed by atoms with Gasteiger partial charge in [0, 0.05) is 47.7 Å². The Labute approximate surface area is 151 Å². The summed E-state index contributed by atoms with van der Waals surface area (Å²) in [5.41, 5.74) is 1.10. The van der Waals surface area contributed by atoms with E-state index in [4.69, 9.17) is 23.2 Å². The number of thiazole rings is 1. The molecular formula is C16H20Cl2N4S. The van der Waals surface area contributed by atoms with Crippen LogP contribution in [0.15, 0.2) is 29.4 Å². The zero-order chi connectivity index (χ0) is 16.7. The summed E-state index contributed by atoms with van der Waals surface area (Å²) >= 11 is 13.7. The molecule has 0 saturated carbocycles. The molecule has 0 fully saturated rings. The number of nitrogens with one attached hydrogen (secondary N) is 2. The first-order chi connectivity index (χ1) is 11.1. The molecule has 23 heavy (non-hydrogen) atoms. The Morgan fingerprint density at radius 2 is 1.78 bits per heavy atom. The van der Waals surface area contributed by atoms with Gasteiger partial charge < -0.3 is 10.6 Å². The molecule has 1 aromatic heterocycles. The average Bonchev–Trinajstić information content (AvgIpc) is 2.90. The summed E-state index contributed by atoms with van der Waals surface area (Å²) in [7, 11) is 1.76. The first-order valence-electron chi connectivity index (χ1n) is 7.37. The number of hydrogen-bond acceptors (Lipinski definition) is 3. The lowest BCUT2D eigenvalue weighted by atomic mass is 10.1. The van der Waals surface area contributed by atoms with Crippen molar-refractivity contribution in [3.8, 4) is 0 Å². The van der Waals surface area contributed by atoms with Crippen molar-refractivity contribution in [3.63, 3.8) is 0 Å². The van der Waals surface area contributed by atoms with Crippen LogP contribution in [0.5, 0.6) is 0 Å². The number of nitrogens with zero attached hydrogens (tertiary/aromatic N) is 2. The van der Waals surface area contributed by atoms with Gasteiger partial charge in [-0.2, -0.15) is 0 Å². The van der Waals surface area contributed by atoms with Gasteiger partial charge in [-0.1, -0.05) is 23.2 Å². The van der Waals surface area contributed by atoms with Gasteiger partial charge in [0.25, 0.3) is 0 Å². The Balaban J connectivity index is 1.72. The molecule has 1 heterocycles. The fraction of sp³-hybridized carbons (Fsp3) is 0.375. The van der Waals surface area contributed by atoms with E-state index >= 15 is 0 Å². The Morgan fingerprint density at radius 1 is 1.13 bits per heavy atom. The van der Waals surface area contributed by atoms with Gasteiger partial charge in [0.2, 0.25) is 0 Å². The fourth-order valence-electron chi connectivity index (χ4n) is 2.11. The van der Waals surface area contributed by atoms with E-state index in [2.05, 4.69) is 27.5 Å². The van der Waals surface area contributed by atoms with Crippen LogP contribution in [0, 0.1) is 6.92 Å². The second kappa shape index (κ2) is 9.11. The van der Waals surface area contributed by atoms with Crippen molar-refractivity contribution >= 4 is 40.5 Å². The maximum atomic E-state index is 6.00. The largest absolute Gasteiger partial charge is 0.356 e. The molecule has 124 valence electrons. The van der Waals surface area contributed by atoms with Crippen LogP contribution in [-0.2, 0) is 12.8 Å². The number of aromatic nitrogens is 1. The molecule has 2 aromatic rings. The number of rotatable bonds is 6. The molecule has 0 aliphatic rings. The monoisotopic (exact) mass is 370 g/mol. The van der Waals surface area contributed by atoms with E-state index in [0.717, 1.165) is 42.5 Å². The second-order valence-electron chi connectivity index (χ2n) is 5.07. The summed E-state index contributed by atoms with van der Waals surface area (Å²) in [5.74, 6) is 0.784. The van der Waals surface area contributed by atoms with Gasteiger partial charge in [-0.3, -0.25) is 4.99 Å². The summed E-state index contributed by atoms with van der Waals surface area (Å²) < 4.78 is 0. The lowest BCUT2D eigenvalue weighted by molar-refractivity contribution is 0.782. The molecule has 2 rings (SSSR count). The third-order valence-electron chi connectivity index (χ3n) is 3.15. The molecule has 0 bridgehead atoms. The maximum absolute atomic E-state index is 6.00. The standard InChI is InChI=1S/C16H20Cl2N4S/c1-11-10-22-15(23-11)4-6-21-16(19-2)20-5-3-12-7-13(17)9-14(18)8-12/h7-10H,3-6H2,1-2H3,(H2,19,20,21). The quantitative estimate of drug-likeness (QED) is 0.601. The van der Waals surface area contributed by atoms with Gasteiger partial charge >= 0.3 is 0 Å². The molecule has 7 heteroatoms. The van der Waals surface area contributed by atoms with E-state index in [0.29, 0.717) is 10.0 Å². The predicted molar refractivity (Wildman–Crippen MR) is 100 cm³/mol. The fourth-order valence-corrected chi connectivity index (χ4v) is 3.46. The first kappa shape index (κ1) is 18.0. The van der Waals surface area contributed by atoms with Gasteiger partial charge in [0.05, 0.1) is 5.01 Å². The minimum atomic E-state index is 0.661. The molecule has 0 saturated heterocycles. The Kier molecular flexibility index (Phi) is 7.15. The van der Waals surface area contributed by atoms with E-state index in [1.54, 1.807) is 24.5 Å². The van der Waals surface area contributed by atoms with Crippen LogP contribution < -0.4 is 10.6 Å². The number of guanidine groups is 1. The van der Waals surface area contributed by atoms with E-state index < -0.39 is 0 Å². The van der Waals surface area contributed by atoms with Crippen LogP contribution in [0.1, 0.15) is 15.4 Å². The normalized spacial score (nSPS) is 11.6. The third-order valence-corrected chi connectivity index (χ3v) is 4.56. The zero-order valence-corrected chi connectivity index (χ0v) is 15.5. The molecule has 0 radical (unpaired) electrons. The molecule has 1 aromatic carbocycles. The number of benzene rings is 1. The SMILES string of the molecule is CN=C(NCCc1cc(Cl)cc(Cl)c1)NCCc1ncc(C)s1. The Hall–Kier alpha value is -1.30. The lowest BCUT2D eigenvalue weighted by Crippen LogP contribution is -2.39. The van der Waals surface area contributed by atoms with E-state index in [1.807, 2.05) is 18.3 Å². The molecule has 0 spiro atoms. The van der Waals surface area contributed by atoms with Crippen molar-refractivity contribution < 1.29 is 0 Å². The Morgan fingerprint density at radius 3 is 2.35 bits per heavy atom. The van der Waals surface area contributed by atoms with Crippen LogP contribution in [0.4, 0.5) is 0 Å². The smallest absolute Gasteiger partial charge is 0.191 e. The lowest BCUT2D eigenvalue weighted by Gasteiger charge is -2.11. The topological polar surface area (TPSA) is 49.3 Å². The molecule has 0 aliphatic carbocycles. The summed E-state index contributed by atoms with van der Waals surface area (Å²) in [6.45, 7) is 3.62. The number of aryl methyl sites for hydroxylation is 1. The van der Waals surface area contributed by atoms with Crippen LogP contribution in [0.3, 0.4) is 0 Å². The van der Waals surface area contributed by atoms with Gasteiger partial charge in [-0.05, 0) is 37.1 Å². The first-order valence-corrected chi connectivity index (χ1v) is 8.95. The molecule has 2 N–H and O–H groups in total. The van der Waals surface area contributed by atoms with Crippen LogP contribution in [-0.4, -0.2) is 31.1 Å². The van der Waals surface area contributed by atoms with Crippen molar-refractivity contribution in [1.29, 1.82) is 0 Å². The summed E-state index contributed by atoms with van der Waals surface area (Å²) in [4.78, 5) is 9.80. The zero-order valence-electron chi connectivity index (χ0n) is 13.2. The van der Waals surface area contributed by atoms with E-state index in [-0.39, 0.29) is 0 Å². The predicted octanol–water partition coefficient (Wildman–Crippen LogP) is 3.71. The number of halogens is 2.